The minimum Gasteiger partial charge on any atom is -0.490 e. The molecular formula is C21H24N2O4S. The molecule has 0 radical (unpaired) electrons. The monoisotopic (exact) mass is 400 g/mol. The molecule has 0 bridgehead atoms. The van der Waals surface area contributed by atoms with Crippen molar-refractivity contribution in [3.63, 3.8) is 0 Å². The van der Waals surface area contributed by atoms with E-state index in [9.17, 15) is 14.9 Å². The number of thioether (sulfide) groups is 1. The maximum absolute atomic E-state index is 12.7. The fourth-order valence-corrected chi connectivity index (χ4v) is 3.86. The number of nitro benzene ring substituents is 1. The summed E-state index contributed by atoms with van der Waals surface area (Å²) in [6, 6.07) is 13.5. The van der Waals surface area contributed by atoms with E-state index in [1.165, 1.54) is 30.5 Å². The fraction of sp³-hybridized carbons (Fsp3) is 0.381. The molecule has 0 spiro atoms. The van der Waals surface area contributed by atoms with Crippen LogP contribution in [-0.2, 0) is 17.1 Å². The molecule has 0 aliphatic heterocycles. The van der Waals surface area contributed by atoms with Gasteiger partial charge in [0.25, 0.3) is 0 Å². The van der Waals surface area contributed by atoms with E-state index >= 15 is 0 Å². The van der Waals surface area contributed by atoms with Gasteiger partial charge in [0.1, 0.15) is 0 Å². The van der Waals surface area contributed by atoms with Crippen molar-refractivity contribution in [2.75, 3.05) is 12.9 Å². The number of amides is 1. The van der Waals surface area contributed by atoms with Crippen LogP contribution in [0.15, 0.2) is 42.5 Å². The Morgan fingerprint density at radius 1 is 1.21 bits per heavy atom. The summed E-state index contributed by atoms with van der Waals surface area (Å²) in [6.07, 6.45) is 2.12. The number of nitrogens with zero attached hydrogens (tertiary/aromatic N) is 2. The summed E-state index contributed by atoms with van der Waals surface area (Å²) in [6.45, 7) is 2.69. The van der Waals surface area contributed by atoms with E-state index in [2.05, 4.69) is 24.3 Å². The Hall–Kier alpha value is -2.54. The van der Waals surface area contributed by atoms with Crippen molar-refractivity contribution >= 4 is 23.4 Å². The first kappa shape index (κ1) is 20.2. The fourth-order valence-electron chi connectivity index (χ4n) is 3.00. The molecule has 6 nitrogen and oxygen atoms in total. The second kappa shape index (κ2) is 9.10. The Kier molecular flexibility index (Phi) is 6.57. The van der Waals surface area contributed by atoms with Gasteiger partial charge in [0.2, 0.25) is 5.91 Å². The predicted molar refractivity (Wildman–Crippen MR) is 111 cm³/mol. The van der Waals surface area contributed by atoms with Crippen LogP contribution in [0.4, 0.5) is 5.69 Å². The van der Waals surface area contributed by atoms with Crippen LogP contribution in [0.2, 0.25) is 0 Å². The van der Waals surface area contributed by atoms with Crippen molar-refractivity contribution < 1.29 is 14.5 Å². The van der Waals surface area contributed by atoms with Gasteiger partial charge < -0.3 is 9.64 Å². The van der Waals surface area contributed by atoms with Crippen LogP contribution in [0.25, 0.3) is 0 Å². The van der Waals surface area contributed by atoms with Gasteiger partial charge in [-0.2, -0.15) is 0 Å². The van der Waals surface area contributed by atoms with E-state index in [4.69, 9.17) is 4.74 Å². The molecular weight excluding hydrogens is 376 g/mol. The number of nitro groups is 1. The zero-order valence-electron chi connectivity index (χ0n) is 16.1. The van der Waals surface area contributed by atoms with Crippen LogP contribution in [0.5, 0.6) is 5.75 Å². The van der Waals surface area contributed by atoms with E-state index in [1.54, 1.807) is 12.1 Å². The van der Waals surface area contributed by atoms with E-state index in [1.807, 2.05) is 11.8 Å². The van der Waals surface area contributed by atoms with Crippen molar-refractivity contribution in [1.29, 1.82) is 0 Å². The molecule has 1 aliphatic rings. The number of aryl methyl sites for hydroxylation is 1. The normalized spacial score (nSPS) is 13.2. The van der Waals surface area contributed by atoms with Crippen LogP contribution in [-0.4, -0.2) is 34.6 Å². The highest BCUT2D eigenvalue weighted by Gasteiger charge is 2.32. The number of hydrogen-bond donors (Lipinski definition) is 0. The number of methoxy groups -OCH3 is 1. The molecule has 0 heterocycles. The summed E-state index contributed by atoms with van der Waals surface area (Å²) in [7, 11) is 1.41. The number of carbonyl (C=O) groups excluding carboxylic acids is 1. The second-order valence-electron chi connectivity index (χ2n) is 6.99. The third kappa shape index (κ3) is 5.25. The smallest absolute Gasteiger partial charge is 0.311 e. The van der Waals surface area contributed by atoms with Gasteiger partial charge in [0.15, 0.2) is 5.75 Å². The van der Waals surface area contributed by atoms with Crippen LogP contribution < -0.4 is 4.74 Å². The Bertz CT molecular complexity index is 850. The Morgan fingerprint density at radius 2 is 1.89 bits per heavy atom. The van der Waals surface area contributed by atoms with Gasteiger partial charge in [-0.3, -0.25) is 14.9 Å². The predicted octanol–water partition coefficient (Wildman–Crippen LogP) is 4.34. The maximum atomic E-state index is 12.7. The van der Waals surface area contributed by atoms with E-state index in [0.717, 1.165) is 24.0 Å². The number of ether oxygens (including phenoxy) is 1. The summed E-state index contributed by atoms with van der Waals surface area (Å²) in [5, 5.41) is 11.1. The molecule has 3 rings (SSSR count). The maximum Gasteiger partial charge on any atom is 0.311 e. The standard InChI is InChI=1S/C21H24N2O4S/c1-15-3-5-16(6-4-15)12-22(18-8-9-18)21(24)14-28-13-17-7-10-20(27-2)19(11-17)23(25)26/h3-7,10-11,18H,8-9,12-14H2,1-2H3. The van der Waals surface area contributed by atoms with Gasteiger partial charge in [-0.25, -0.2) is 0 Å². The molecule has 1 amide bonds. The van der Waals surface area contributed by atoms with Gasteiger partial charge in [0, 0.05) is 24.4 Å². The summed E-state index contributed by atoms with van der Waals surface area (Å²) in [4.78, 5) is 25.4. The number of rotatable bonds is 9. The lowest BCUT2D eigenvalue weighted by Gasteiger charge is -2.22. The minimum absolute atomic E-state index is 0.0501. The molecule has 2 aromatic carbocycles. The summed E-state index contributed by atoms with van der Waals surface area (Å²) >= 11 is 1.48. The lowest BCUT2D eigenvalue weighted by atomic mass is 10.1. The first-order valence-corrected chi connectivity index (χ1v) is 10.4. The number of benzene rings is 2. The molecule has 0 atom stereocenters. The third-order valence-electron chi connectivity index (χ3n) is 4.72. The first-order valence-electron chi connectivity index (χ1n) is 9.22. The molecule has 1 aliphatic carbocycles. The Balaban J connectivity index is 1.57. The van der Waals surface area contributed by atoms with Crippen molar-refractivity contribution in [3.8, 4) is 5.75 Å². The summed E-state index contributed by atoms with van der Waals surface area (Å²) in [5.74, 6) is 1.27. The second-order valence-corrected chi connectivity index (χ2v) is 7.98. The molecule has 1 fully saturated rings. The Morgan fingerprint density at radius 3 is 2.50 bits per heavy atom. The Labute approximate surface area is 169 Å². The van der Waals surface area contributed by atoms with Crippen molar-refractivity contribution in [3.05, 3.63) is 69.3 Å². The number of carbonyl (C=O) groups is 1. The highest BCUT2D eigenvalue weighted by atomic mass is 32.2. The van der Waals surface area contributed by atoms with Crippen molar-refractivity contribution in [1.82, 2.24) is 4.90 Å². The van der Waals surface area contributed by atoms with E-state index < -0.39 is 4.92 Å². The van der Waals surface area contributed by atoms with Gasteiger partial charge >= 0.3 is 5.69 Å². The average molecular weight is 401 g/mol. The molecule has 28 heavy (non-hydrogen) atoms. The van der Waals surface area contributed by atoms with Gasteiger partial charge in [-0.15, -0.1) is 11.8 Å². The zero-order valence-corrected chi connectivity index (χ0v) is 16.9. The van der Waals surface area contributed by atoms with Gasteiger partial charge in [-0.1, -0.05) is 35.9 Å². The van der Waals surface area contributed by atoms with Gasteiger partial charge in [-0.05, 0) is 37.0 Å². The largest absolute Gasteiger partial charge is 0.490 e. The highest BCUT2D eigenvalue weighted by molar-refractivity contribution is 7.99. The number of hydrogen-bond acceptors (Lipinski definition) is 5. The SMILES string of the molecule is COc1ccc(CSCC(=O)N(Cc2ccc(C)cc2)C2CC2)cc1[N+](=O)[O-]. The lowest BCUT2D eigenvalue weighted by molar-refractivity contribution is -0.385. The minimum atomic E-state index is -0.450. The molecule has 0 N–H and O–H groups in total. The molecule has 2 aromatic rings. The van der Waals surface area contributed by atoms with Crippen molar-refractivity contribution in [2.24, 2.45) is 0 Å². The molecule has 1 saturated carbocycles. The van der Waals surface area contributed by atoms with Crippen LogP contribution >= 0.6 is 11.8 Å². The zero-order chi connectivity index (χ0) is 20.1. The highest BCUT2D eigenvalue weighted by Crippen LogP contribution is 2.31. The molecule has 0 unspecified atom stereocenters. The van der Waals surface area contributed by atoms with Gasteiger partial charge in [0.05, 0.1) is 17.8 Å². The van der Waals surface area contributed by atoms with Crippen molar-refractivity contribution in [2.45, 2.75) is 38.1 Å². The quantitative estimate of drug-likeness (QED) is 0.463. The third-order valence-corrected chi connectivity index (χ3v) is 5.70. The first-order chi connectivity index (χ1) is 13.5. The van der Waals surface area contributed by atoms with E-state index in [-0.39, 0.29) is 17.3 Å². The molecule has 0 aromatic heterocycles. The molecule has 148 valence electrons. The summed E-state index contributed by atoms with van der Waals surface area (Å²) in [5.41, 5.74) is 3.10. The van der Waals surface area contributed by atoms with E-state index in [0.29, 0.717) is 24.1 Å². The average Bonchev–Trinajstić information content (AvgIpc) is 3.52. The van der Waals surface area contributed by atoms with Crippen LogP contribution in [0.3, 0.4) is 0 Å². The van der Waals surface area contributed by atoms with Crippen LogP contribution in [0.1, 0.15) is 29.5 Å². The molecule has 7 heteroatoms. The lowest BCUT2D eigenvalue weighted by Crippen LogP contribution is -2.34. The van der Waals surface area contributed by atoms with Crippen LogP contribution in [0, 0.1) is 17.0 Å². The topological polar surface area (TPSA) is 72.7 Å². The summed E-state index contributed by atoms with van der Waals surface area (Å²) < 4.78 is 5.02. The molecule has 0 saturated heterocycles.